The Labute approximate surface area is 181 Å². The fourth-order valence-electron chi connectivity index (χ4n) is 2.98. The first-order valence-corrected chi connectivity index (χ1v) is 11.3. The van der Waals surface area contributed by atoms with Crippen LogP contribution in [0.4, 0.5) is 5.69 Å². The van der Waals surface area contributed by atoms with Crippen molar-refractivity contribution in [1.29, 1.82) is 0 Å². The molecule has 0 aliphatic heterocycles. The minimum Gasteiger partial charge on any atom is -0.493 e. The van der Waals surface area contributed by atoms with Crippen LogP contribution in [-0.4, -0.2) is 37.3 Å². The molecule has 1 atom stereocenters. The highest BCUT2D eigenvalue weighted by molar-refractivity contribution is 5.99. The van der Waals surface area contributed by atoms with E-state index in [1.165, 1.54) is 0 Å². The highest BCUT2D eigenvalue weighted by atomic mass is 16.5. The van der Waals surface area contributed by atoms with E-state index < -0.39 is 11.6 Å². The van der Waals surface area contributed by atoms with E-state index in [1.807, 2.05) is 13.8 Å². The zero-order chi connectivity index (χ0) is 22.4. The molecule has 0 aromatic heterocycles. The van der Waals surface area contributed by atoms with Crippen molar-refractivity contribution in [2.75, 3.05) is 25.1 Å². The fourth-order valence-corrected chi connectivity index (χ4v) is 2.98. The van der Waals surface area contributed by atoms with Crippen LogP contribution in [-0.2, 0) is 14.3 Å². The van der Waals surface area contributed by atoms with Gasteiger partial charge in [-0.25, -0.2) is 4.79 Å². The second-order valence-corrected chi connectivity index (χ2v) is 7.62. The van der Waals surface area contributed by atoms with Gasteiger partial charge in [0.15, 0.2) is 0 Å². The molecule has 0 heterocycles. The SMILES string of the molecule is CCCCC[C@@](C)(OCCC)C(=O)Nc1ccc(OCCCC)c(C(=O)OCC)c1. The quantitative estimate of drug-likeness (QED) is 0.288. The predicted octanol–water partition coefficient (Wildman–Crippen LogP) is 5.75. The van der Waals surface area contributed by atoms with Gasteiger partial charge in [0.1, 0.15) is 16.9 Å². The van der Waals surface area contributed by atoms with Crippen molar-refractivity contribution >= 4 is 17.6 Å². The maximum atomic E-state index is 13.1. The first kappa shape index (κ1) is 26.0. The molecule has 1 amide bonds. The second-order valence-electron chi connectivity index (χ2n) is 7.62. The average molecular weight is 422 g/mol. The average Bonchev–Trinajstić information content (AvgIpc) is 2.73. The van der Waals surface area contributed by atoms with Crippen molar-refractivity contribution in [3.63, 3.8) is 0 Å². The molecule has 6 heteroatoms. The molecule has 0 aliphatic carbocycles. The van der Waals surface area contributed by atoms with Gasteiger partial charge in [-0.3, -0.25) is 4.79 Å². The number of carbonyl (C=O) groups is 2. The van der Waals surface area contributed by atoms with E-state index in [4.69, 9.17) is 14.2 Å². The minimum atomic E-state index is -0.911. The van der Waals surface area contributed by atoms with E-state index >= 15 is 0 Å². The lowest BCUT2D eigenvalue weighted by molar-refractivity contribution is -0.140. The molecule has 1 N–H and O–H groups in total. The zero-order valence-electron chi connectivity index (χ0n) is 19.3. The molecule has 30 heavy (non-hydrogen) atoms. The molecule has 0 fully saturated rings. The van der Waals surface area contributed by atoms with Crippen molar-refractivity contribution < 1.29 is 23.8 Å². The summed E-state index contributed by atoms with van der Waals surface area (Å²) in [5.74, 6) is -0.206. The maximum absolute atomic E-state index is 13.1. The molecule has 0 aliphatic rings. The molecule has 0 spiro atoms. The monoisotopic (exact) mass is 421 g/mol. The van der Waals surface area contributed by atoms with E-state index in [-0.39, 0.29) is 12.5 Å². The van der Waals surface area contributed by atoms with Crippen molar-refractivity contribution in [3.8, 4) is 5.75 Å². The minimum absolute atomic E-state index is 0.207. The molecule has 0 bridgehead atoms. The number of hydrogen-bond donors (Lipinski definition) is 1. The number of esters is 1. The Morgan fingerprint density at radius 3 is 2.33 bits per heavy atom. The Hall–Kier alpha value is -2.08. The molecular formula is C24H39NO5. The summed E-state index contributed by atoms with van der Waals surface area (Å²) in [4.78, 5) is 25.5. The number of rotatable bonds is 15. The van der Waals surface area contributed by atoms with Gasteiger partial charge in [0, 0.05) is 12.3 Å². The first-order valence-electron chi connectivity index (χ1n) is 11.3. The third-order valence-electron chi connectivity index (χ3n) is 4.85. The van der Waals surface area contributed by atoms with Crippen LogP contribution in [0.1, 0.15) is 89.9 Å². The Kier molecular flexibility index (Phi) is 12.1. The lowest BCUT2D eigenvalue weighted by atomic mass is 9.96. The maximum Gasteiger partial charge on any atom is 0.341 e. The van der Waals surface area contributed by atoms with E-state index in [9.17, 15) is 9.59 Å². The number of benzene rings is 1. The predicted molar refractivity (Wildman–Crippen MR) is 120 cm³/mol. The van der Waals surface area contributed by atoms with Crippen LogP contribution >= 0.6 is 0 Å². The highest BCUT2D eigenvalue weighted by Crippen LogP contribution is 2.27. The van der Waals surface area contributed by atoms with Crippen LogP contribution in [0.2, 0.25) is 0 Å². The number of amides is 1. The topological polar surface area (TPSA) is 73.9 Å². The lowest BCUT2D eigenvalue weighted by Gasteiger charge is -2.29. The normalized spacial score (nSPS) is 12.8. The van der Waals surface area contributed by atoms with E-state index in [0.29, 0.717) is 36.6 Å². The molecule has 0 saturated heterocycles. The molecule has 170 valence electrons. The number of ether oxygens (including phenoxy) is 3. The van der Waals surface area contributed by atoms with E-state index in [1.54, 1.807) is 25.1 Å². The first-order chi connectivity index (χ1) is 14.4. The Balaban J connectivity index is 3.03. The van der Waals surface area contributed by atoms with Crippen molar-refractivity contribution in [2.24, 2.45) is 0 Å². The Morgan fingerprint density at radius 2 is 1.70 bits per heavy atom. The fraction of sp³-hybridized carbons (Fsp3) is 0.667. The Bertz CT molecular complexity index is 661. The summed E-state index contributed by atoms with van der Waals surface area (Å²) in [6.45, 7) is 11.1. The van der Waals surface area contributed by atoms with Gasteiger partial charge in [0.2, 0.25) is 0 Å². The lowest BCUT2D eigenvalue weighted by Crippen LogP contribution is -2.43. The van der Waals surface area contributed by atoms with Crippen LogP contribution in [0.15, 0.2) is 18.2 Å². The van der Waals surface area contributed by atoms with Crippen LogP contribution in [0.25, 0.3) is 0 Å². The summed E-state index contributed by atoms with van der Waals surface area (Å²) in [6.07, 6.45) is 6.43. The molecule has 1 aromatic rings. The molecule has 1 rings (SSSR count). The van der Waals surface area contributed by atoms with Gasteiger partial charge in [-0.1, -0.05) is 46.5 Å². The van der Waals surface area contributed by atoms with Crippen molar-refractivity contribution in [1.82, 2.24) is 0 Å². The Morgan fingerprint density at radius 1 is 0.967 bits per heavy atom. The van der Waals surface area contributed by atoms with Gasteiger partial charge in [0.25, 0.3) is 5.91 Å². The number of unbranched alkanes of at least 4 members (excludes halogenated alkanes) is 3. The summed E-state index contributed by atoms with van der Waals surface area (Å²) in [6, 6.07) is 5.07. The van der Waals surface area contributed by atoms with Crippen LogP contribution in [0.3, 0.4) is 0 Å². The van der Waals surface area contributed by atoms with Gasteiger partial charge in [0.05, 0.1) is 13.2 Å². The van der Waals surface area contributed by atoms with E-state index in [0.717, 1.165) is 38.5 Å². The smallest absolute Gasteiger partial charge is 0.341 e. The second kappa shape index (κ2) is 14.0. The summed E-state index contributed by atoms with van der Waals surface area (Å²) >= 11 is 0. The summed E-state index contributed by atoms with van der Waals surface area (Å²) < 4.78 is 16.9. The van der Waals surface area contributed by atoms with Gasteiger partial charge < -0.3 is 19.5 Å². The third kappa shape index (κ3) is 8.34. The molecule has 0 unspecified atom stereocenters. The summed E-state index contributed by atoms with van der Waals surface area (Å²) in [5, 5.41) is 2.92. The third-order valence-corrected chi connectivity index (χ3v) is 4.85. The molecule has 6 nitrogen and oxygen atoms in total. The van der Waals surface area contributed by atoms with Gasteiger partial charge in [-0.2, -0.15) is 0 Å². The standard InChI is InChI=1S/C24H39NO5/c1-6-10-12-15-24(5,30-16-8-3)23(27)25-19-13-14-21(29-17-11-7-2)20(18-19)22(26)28-9-4/h13-14,18H,6-12,15-17H2,1-5H3,(H,25,27)/t24-/m1/s1. The van der Waals surface area contributed by atoms with E-state index in [2.05, 4.69) is 19.2 Å². The van der Waals surface area contributed by atoms with Crippen molar-refractivity contribution in [2.45, 2.75) is 85.2 Å². The van der Waals surface area contributed by atoms with Gasteiger partial charge in [-0.05, 0) is 51.3 Å². The number of carbonyl (C=O) groups excluding carboxylic acids is 2. The largest absolute Gasteiger partial charge is 0.493 e. The molecule has 0 saturated carbocycles. The van der Waals surface area contributed by atoms with Gasteiger partial charge >= 0.3 is 5.97 Å². The summed E-state index contributed by atoms with van der Waals surface area (Å²) in [5.41, 5.74) is -0.0772. The summed E-state index contributed by atoms with van der Waals surface area (Å²) in [7, 11) is 0. The van der Waals surface area contributed by atoms with Crippen LogP contribution in [0, 0.1) is 0 Å². The van der Waals surface area contributed by atoms with Crippen molar-refractivity contribution in [3.05, 3.63) is 23.8 Å². The van der Waals surface area contributed by atoms with Crippen LogP contribution in [0.5, 0.6) is 5.75 Å². The highest BCUT2D eigenvalue weighted by Gasteiger charge is 2.33. The number of hydrogen-bond acceptors (Lipinski definition) is 5. The van der Waals surface area contributed by atoms with Gasteiger partial charge in [-0.15, -0.1) is 0 Å². The molecule has 1 aromatic carbocycles. The molecular weight excluding hydrogens is 382 g/mol. The zero-order valence-corrected chi connectivity index (χ0v) is 19.3. The number of nitrogens with one attached hydrogen (secondary N) is 1. The number of anilines is 1. The molecule has 0 radical (unpaired) electrons. The van der Waals surface area contributed by atoms with Crippen LogP contribution < -0.4 is 10.1 Å².